The molecular formula is C23H36N2O3S. The maximum Gasteiger partial charge on any atom is 0.410 e. The quantitative estimate of drug-likeness (QED) is 0.757. The van der Waals surface area contributed by atoms with Gasteiger partial charge in [0.05, 0.1) is 21.8 Å². The van der Waals surface area contributed by atoms with Crippen molar-refractivity contribution >= 4 is 17.1 Å². The smallest absolute Gasteiger partial charge is 0.410 e. The lowest BCUT2D eigenvalue weighted by Crippen LogP contribution is -2.49. The molecule has 6 heteroatoms. The summed E-state index contributed by atoms with van der Waals surface area (Å²) in [7, 11) is -1.15. The van der Waals surface area contributed by atoms with Gasteiger partial charge in [-0.3, -0.25) is 0 Å². The van der Waals surface area contributed by atoms with Gasteiger partial charge < -0.3 is 9.64 Å². The molecule has 1 N–H and O–H groups in total. The third-order valence-electron chi connectivity index (χ3n) is 5.96. The summed E-state index contributed by atoms with van der Waals surface area (Å²) in [5, 5.41) is 0. The number of hydrogen-bond acceptors (Lipinski definition) is 3. The zero-order valence-electron chi connectivity index (χ0n) is 18.9. The van der Waals surface area contributed by atoms with Gasteiger partial charge in [-0.25, -0.2) is 13.7 Å². The van der Waals surface area contributed by atoms with Crippen molar-refractivity contribution in [3.63, 3.8) is 0 Å². The second-order valence-corrected chi connectivity index (χ2v) is 12.6. The van der Waals surface area contributed by atoms with Gasteiger partial charge in [0, 0.05) is 13.1 Å². The molecule has 2 atom stereocenters. The summed E-state index contributed by atoms with van der Waals surface area (Å²) in [6, 6.07) is 6.65. The first kappa shape index (κ1) is 22.3. The molecule has 0 aromatic heterocycles. The highest BCUT2D eigenvalue weighted by molar-refractivity contribution is 7.84. The van der Waals surface area contributed by atoms with Gasteiger partial charge in [0.25, 0.3) is 0 Å². The summed E-state index contributed by atoms with van der Waals surface area (Å²) in [4.78, 5) is 14.3. The molecule has 5 nitrogen and oxygen atoms in total. The van der Waals surface area contributed by atoms with E-state index in [1.165, 1.54) is 16.7 Å². The molecule has 1 fully saturated rings. The molecule has 0 bridgehead atoms. The minimum atomic E-state index is -1.15. The predicted molar refractivity (Wildman–Crippen MR) is 118 cm³/mol. The van der Waals surface area contributed by atoms with Crippen LogP contribution in [-0.2, 0) is 22.1 Å². The topological polar surface area (TPSA) is 58.6 Å². The number of benzene rings is 1. The first-order valence-electron chi connectivity index (χ1n) is 10.6. The number of nitrogens with one attached hydrogen (secondary N) is 1. The second-order valence-electron chi connectivity index (χ2n) is 10.6. The van der Waals surface area contributed by atoms with Gasteiger partial charge in [0.1, 0.15) is 5.60 Å². The van der Waals surface area contributed by atoms with E-state index in [1.807, 2.05) is 46.4 Å². The number of hydrogen-bond donors (Lipinski definition) is 1. The summed E-state index contributed by atoms with van der Waals surface area (Å²) >= 11 is 0. The van der Waals surface area contributed by atoms with Gasteiger partial charge >= 0.3 is 6.09 Å². The molecule has 1 unspecified atom stereocenters. The molecule has 1 aliphatic heterocycles. The zero-order chi connectivity index (χ0) is 21.6. The van der Waals surface area contributed by atoms with Crippen LogP contribution in [0.25, 0.3) is 0 Å². The Morgan fingerprint density at radius 2 is 1.79 bits per heavy atom. The van der Waals surface area contributed by atoms with Crippen LogP contribution < -0.4 is 4.72 Å². The standard InChI is InChI=1S/C23H36N2O3S/c1-16-8-9-17-15-23(19(18(17)14-16)24-29(27)22(5,6)7)10-12-25(13-11-23)20(26)28-21(2,3)4/h8-9,14,19,24H,10-13,15H2,1-7H3/t19-,29?/m0/s1. The predicted octanol–water partition coefficient (Wildman–Crippen LogP) is 4.66. The summed E-state index contributed by atoms with van der Waals surface area (Å²) in [6.07, 6.45) is 2.48. The SMILES string of the molecule is Cc1ccc2c(c1)[C@H](NS(=O)C(C)(C)C)C1(CCN(C(=O)OC(C)(C)C)CC1)C2. The van der Waals surface area contributed by atoms with Crippen LogP contribution in [0.2, 0.25) is 0 Å². The highest BCUT2D eigenvalue weighted by Crippen LogP contribution is 2.52. The third-order valence-corrected chi connectivity index (χ3v) is 7.52. The Bertz CT molecular complexity index is 799. The Kier molecular flexibility index (Phi) is 5.91. The van der Waals surface area contributed by atoms with E-state index in [1.54, 1.807) is 0 Å². The van der Waals surface area contributed by atoms with Gasteiger partial charge in [-0.15, -0.1) is 0 Å². The van der Waals surface area contributed by atoms with Crippen molar-refractivity contribution in [1.82, 2.24) is 9.62 Å². The minimum absolute atomic E-state index is 0.0183. The fourth-order valence-electron chi connectivity index (χ4n) is 4.35. The second kappa shape index (κ2) is 7.69. The number of ether oxygens (including phenoxy) is 1. The fourth-order valence-corrected chi connectivity index (χ4v) is 5.30. The molecular weight excluding hydrogens is 384 g/mol. The molecule has 0 saturated carbocycles. The van der Waals surface area contributed by atoms with Crippen molar-refractivity contribution in [2.75, 3.05) is 13.1 Å². The summed E-state index contributed by atoms with van der Waals surface area (Å²) in [5.74, 6) is 0. The number of carbonyl (C=O) groups excluding carboxylic acids is 1. The van der Waals surface area contributed by atoms with Crippen LogP contribution in [0.3, 0.4) is 0 Å². The van der Waals surface area contributed by atoms with E-state index in [-0.39, 0.29) is 22.3 Å². The van der Waals surface area contributed by atoms with E-state index in [2.05, 4.69) is 29.8 Å². The maximum atomic E-state index is 13.0. The average Bonchev–Trinajstić information content (AvgIpc) is 2.86. The van der Waals surface area contributed by atoms with Gasteiger partial charge in [-0.05, 0) is 84.3 Å². The van der Waals surface area contributed by atoms with E-state index in [4.69, 9.17) is 4.74 Å². The van der Waals surface area contributed by atoms with Crippen molar-refractivity contribution < 1.29 is 13.7 Å². The van der Waals surface area contributed by atoms with E-state index >= 15 is 0 Å². The number of nitrogens with zero attached hydrogens (tertiary/aromatic N) is 1. The van der Waals surface area contributed by atoms with Gasteiger partial charge in [-0.2, -0.15) is 0 Å². The lowest BCUT2D eigenvalue weighted by molar-refractivity contribution is 0.00724. The Labute approximate surface area is 178 Å². The number of rotatable bonds is 2. The molecule has 1 amide bonds. The molecule has 1 heterocycles. The van der Waals surface area contributed by atoms with Crippen LogP contribution in [0.5, 0.6) is 0 Å². The average molecular weight is 421 g/mol. The van der Waals surface area contributed by atoms with Crippen molar-refractivity contribution in [3.05, 3.63) is 34.9 Å². The lowest BCUT2D eigenvalue weighted by atomic mass is 9.73. The van der Waals surface area contributed by atoms with Gasteiger partial charge in [0.2, 0.25) is 0 Å². The van der Waals surface area contributed by atoms with Crippen molar-refractivity contribution in [2.45, 2.75) is 84.1 Å². The molecule has 29 heavy (non-hydrogen) atoms. The first-order valence-corrected chi connectivity index (χ1v) is 11.7. The highest BCUT2D eigenvalue weighted by Gasteiger charge is 2.49. The minimum Gasteiger partial charge on any atom is -0.444 e. The molecule has 3 rings (SSSR count). The molecule has 1 aromatic carbocycles. The van der Waals surface area contributed by atoms with Crippen molar-refractivity contribution in [2.24, 2.45) is 5.41 Å². The van der Waals surface area contributed by atoms with Crippen LogP contribution in [0.1, 0.15) is 77.1 Å². The zero-order valence-corrected chi connectivity index (χ0v) is 19.7. The van der Waals surface area contributed by atoms with Gasteiger partial charge in [-0.1, -0.05) is 23.8 Å². The number of amides is 1. The van der Waals surface area contributed by atoms with Crippen molar-refractivity contribution in [1.29, 1.82) is 0 Å². The monoisotopic (exact) mass is 420 g/mol. The van der Waals surface area contributed by atoms with Gasteiger partial charge in [0.15, 0.2) is 0 Å². The fraction of sp³-hybridized carbons (Fsp3) is 0.696. The maximum absolute atomic E-state index is 13.0. The molecule has 1 saturated heterocycles. The molecule has 1 spiro atoms. The van der Waals surface area contributed by atoms with Crippen LogP contribution in [-0.4, -0.2) is 38.6 Å². The summed E-state index contributed by atoms with van der Waals surface area (Å²) < 4.78 is 21.7. The number of likely N-dealkylation sites (tertiary alicyclic amines) is 1. The van der Waals surface area contributed by atoms with Crippen LogP contribution in [0.4, 0.5) is 4.79 Å². The molecule has 1 aromatic rings. The van der Waals surface area contributed by atoms with E-state index in [0.29, 0.717) is 13.1 Å². The van der Waals surface area contributed by atoms with Crippen LogP contribution in [0.15, 0.2) is 18.2 Å². The molecule has 162 valence electrons. The largest absolute Gasteiger partial charge is 0.444 e. The number of aryl methyl sites for hydroxylation is 1. The van der Waals surface area contributed by atoms with Crippen LogP contribution >= 0.6 is 0 Å². The number of fused-ring (bicyclic) bond motifs is 1. The highest BCUT2D eigenvalue weighted by atomic mass is 32.2. The first-order chi connectivity index (χ1) is 13.3. The summed E-state index contributed by atoms with van der Waals surface area (Å²) in [5.41, 5.74) is 3.33. The van der Waals surface area contributed by atoms with E-state index in [9.17, 15) is 9.00 Å². The Morgan fingerprint density at radius 3 is 2.34 bits per heavy atom. The normalized spacial score (nSPS) is 22.4. The number of carbonyl (C=O) groups is 1. The lowest BCUT2D eigenvalue weighted by Gasteiger charge is -2.44. The molecule has 2 aliphatic rings. The Morgan fingerprint density at radius 1 is 1.17 bits per heavy atom. The molecule has 0 radical (unpaired) electrons. The third kappa shape index (κ3) is 4.85. The van der Waals surface area contributed by atoms with E-state index < -0.39 is 16.6 Å². The molecule has 1 aliphatic carbocycles. The van der Waals surface area contributed by atoms with Crippen molar-refractivity contribution in [3.8, 4) is 0 Å². The number of piperidine rings is 1. The summed E-state index contributed by atoms with van der Waals surface area (Å²) in [6.45, 7) is 15.1. The van der Waals surface area contributed by atoms with E-state index in [0.717, 1.165) is 19.3 Å². The Balaban J connectivity index is 1.82. The Hall–Kier alpha value is -1.40. The van der Waals surface area contributed by atoms with Crippen LogP contribution in [0, 0.1) is 12.3 Å².